The molecule has 0 bridgehead atoms. The second-order valence-electron chi connectivity index (χ2n) is 7.18. The number of hydrazone groups is 1. The summed E-state index contributed by atoms with van der Waals surface area (Å²) in [6.07, 6.45) is 0.105. The fourth-order valence-corrected chi connectivity index (χ4v) is 3.14. The van der Waals surface area contributed by atoms with Gasteiger partial charge in [-0.15, -0.1) is 0 Å². The molecule has 0 saturated heterocycles. The largest absolute Gasteiger partial charge is 0.325 e. The average molecular weight is 418 g/mol. The molecule has 0 aromatic heterocycles. The maximum atomic E-state index is 12.3. The number of hydrogen-bond acceptors (Lipinski definition) is 5. The van der Waals surface area contributed by atoms with Gasteiger partial charge in [-0.1, -0.05) is 48.5 Å². The molecule has 0 aliphatic carbocycles. The van der Waals surface area contributed by atoms with Crippen LogP contribution in [0.25, 0.3) is 10.8 Å². The van der Waals surface area contributed by atoms with Crippen molar-refractivity contribution in [1.82, 2.24) is 5.43 Å². The van der Waals surface area contributed by atoms with Crippen molar-refractivity contribution in [1.29, 1.82) is 0 Å². The van der Waals surface area contributed by atoms with Crippen LogP contribution < -0.4 is 10.7 Å². The van der Waals surface area contributed by atoms with Crippen molar-refractivity contribution in [3.63, 3.8) is 0 Å². The first kappa shape index (κ1) is 21.6. The Morgan fingerprint density at radius 2 is 1.77 bits per heavy atom. The van der Waals surface area contributed by atoms with Crippen LogP contribution >= 0.6 is 0 Å². The summed E-state index contributed by atoms with van der Waals surface area (Å²) >= 11 is 0. The lowest BCUT2D eigenvalue weighted by Crippen LogP contribution is -2.23. The number of aryl methyl sites for hydroxylation is 1. The summed E-state index contributed by atoms with van der Waals surface area (Å²) in [7, 11) is 0. The van der Waals surface area contributed by atoms with Gasteiger partial charge in [-0.05, 0) is 35.7 Å². The minimum absolute atomic E-state index is 0.0588. The number of anilines is 1. The van der Waals surface area contributed by atoms with Crippen LogP contribution in [0, 0.1) is 17.0 Å². The van der Waals surface area contributed by atoms with Crippen molar-refractivity contribution in [2.75, 3.05) is 5.32 Å². The summed E-state index contributed by atoms with van der Waals surface area (Å²) in [5.41, 5.74) is 4.75. The van der Waals surface area contributed by atoms with Crippen LogP contribution in [-0.4, -0.2) is 22.4 Å². The van der Waals surface area contributed by atoms with Gasteiger partial charge in [-0.3, -0.25) is 19.7 Å². The standard InChI is InChI=1S/C23H22N4O4/c1-15-10-11-19(27(30)31)14-21(15)24-22(28)12-16(2)25-26-23(29)13-18-8-5-7-17-6-3-4-9-20(17)18/h3-11,14H,12-13H2,1-2H3,(H,24,28)(H,26,29)/b25-16+. The lowest BCUT2D eigenvalue weighted by Gasteiger charge is -2.09. The van der Waals surface area contributed by atoms with Gasteiger partial charge in [0.05, 0.1) is 23.5 Å². The lowest BCUT2D eigenvalue weighted by molar-refractivity contribution is -0.384. The molecule has 0 heterocycles. The SMILES string of the molecule is C/C(CC(=O)Nc1cc([N+](=O)[O-])ccc1C)=N\NC(=O)Cc1cccc2ccccc12. The van der Waals surface area contributed by atoms with Crippen molar-refractivity contribution < 1.29 is 14.5 Å². The number of nitro benzene ring substituents is 1. The van der Waals surface area contributed by atoms with E-state index in [1.165, 1.54) is 12.1 Å². The van der Waals surface area contributed by atoms with Gasteiger partial charge in [-0.25, -0.2) is 5.43 Å². The highest BCUT2D eigenvalue weighted by molar-refractivity contribution is 6.06. The normalized spacial score (nSPS) is 11.2. The maximum Gasteiger partial charge on any atom is 0.271 e. The summed E-state index contributed by atoms with van der Waals surface area (Å²) in [5, 5.41) is 19.6. The number of amides is 2. The number of benzene rings is 3. The zero-order chi connectivity index (χ0) is 22.4. The zero-order valence-electron chi connectivity index (χ0n) is 17.2. The van der Waals surface area contributed by atoms with Gasteiger partial charge in [0, 0.05) is 17.8 Å². The first-order chi connectivity index (χ1) is 14.8. The topological polar surface area (TPSA) is 114 Å². The van der Waals surface area contributed by atoms with E-state index in [1.54, 1.807) is 19.9 Å². The van der Waals surface area contributed by atoms with Gasteiger partial charge < -0.3 is 5.32 Å². The summed E-state index contributed by atoms with van der Waals surface area (Å²) in [6.45, 7) is 3.37. The molecular formula is C23H22N4O4. The molecule has 3 aromatic rings. The Morgan fingerprint density at radius 1 is 1.03 bits per heavy atom. The van der Waals surface area contributed by atoms with E-state index in [0.717, 1.165) is 16.3 Å². The Morgan fingerprint density at radius 3 is 2.55 bits per heavy atom. The van der Waals surface area contributed by atoms with Crippen molar-refractivity contribution in [2.24, 2.45) is 5.10 Å². The molecule has 0 unspecified atom stereocenters. The lowest BCUT2D eigenvalue weighted by atomic mass is 10.0. The quantitative estimate of drug-likeness (QED) is 0.341. The molecule has 3 aromatic carbocycles. The number of non-ortho nitro benzene ring substituents is 1. The van der Waals surface area contributed by atoms with Crippen LogP contribution in [-0.2, 0) is 16.0 Å². The van der Waals surface area contributed by atoms with E-state index in [4.69, 9.17) is 0 Å². The second-order valence-corrected chi connectivity index (χ2v) is 7.18. The Hall–Kier alpha value is -4.07. The van der Waals surface area contributed by atoms with E-state index in [2.05, 4.69) is 15.8 Å². The van der Waals surface area contributed by atoms with Crippen LogP contribution in [0.15, 0.2) is 65.8 Å². The van der Waals surface area contributed by atoms with Crippen molar-refractivity contribution in [3.05, 3.63) is 81.9 Å². The van der Waals surface area contributed by atoms with Gasteiger partial charge in [0.15, 0.2) is 0 Å². The molecule has 3 rings (SSSR count). The highest BCUT2D eigenvalue weighted by atomic mass is 16.6. The van der Waals surface area contributed by atoms with Crippen LogP contribution in [0.1, 0.15) is 24.5 Å². The van der Waals surface area contributed by atoms with E-state index in [-0.39, 0.29) is 30.3 Å². The van der Waals surface area contributed by atoms with Gasteiger partial charge >= 0.3 is 0 Å². The smallest absolute Gasteiger partial charge is 0.271 e. The predicted molar refractivity (Wildman–Crippen MR) is 120 cm³/mol. The van der Waals surface area contributed by atoms with E-state index in [9.17, 15) is 19.7 Å². The second kappa shape index (κ2) is 9.62. The van der Waals surface area contributed by atoms with Crippen molar-refractivity contribution >= 4 is 39.7 Å². The van der Waals surface area contributed by atoms with Gasteiger partial charge in [0.2, 0.25) is 11.8 Å². The average Bonchev–Trinajstić information content (AvgIpc) is 2.74. The molecule has 31 heavy (non-hydrogen) atoms. The highest BCUT2D eigenvalue weighted by Crippen LogP contribution is 2.22. The van der Waals surface area contributed by atoms with Crippen molar-refractivity contribution in [2.45, 2.75) is 26.7 Å². The Balaban J connectivity index is 1.58. The summed E-state index contributed by atoms with van der Waals surface area (Å²) < 4.78 is 0. The van der Waals surface area contributed by atoms with Gasteiger partial charge in [0.25, 0.3) is 5.69 Å². The maximum absolute atomic E-state index is 12.3. The molecule has 8 nitrogen and oxygen atoms in total. The third-order valence-corrected chi connectivity index (χ3v) is 4.72. The molecule has 0 aliphatic heterocycles. The number of rotatable bonds is 7. The van der Waals surface area contributed by atoms with E-state index >= 15 is 0 Å². The number of nitro groups is 1. The number of fused-ring (bicyclic) bond motifs is 1. The van der Waals surface area contributed by atoms with Crippen LogP contribution in [0.2, 0.25) is 0 Å². The first-order valence-electron chi connectivity index (χ1n) is 9.67. The molecular weight excluding hydrogens is 396 g/mol. The van der Waals surface area contributed by atoms with E-state index < -0.39 is 4.92 Å². The monoisotopic (exact) mass is 418 g/mol. The highest BCUT2D eigenvalue weighted by Gasteiger charge is 2.12. The Kier molecular flexibility index (Phi) is 6.71. The number of carbonyl (C=O) groups excluding carboxylic acids is 2. The van der Waals surface area contributed by atoms with Gasteiger partial charge in [0.1, 0.15) is 0 Å². The van der Waals surface area contributed by atoms with Crippen LogP contribution in [0.4, 0.5) is 11.4 Å². The van der Waals surface area contributed by atoms with Gasteiger partial charge in [-0.2, -0.15) is 5.10 Å². The summed E-state index contributed by atoms with van der Waals surface area (Å²) in [6, 6.07) is 17.9. The molecule has 158 valence electrons. The number of hydrogen-bond donors (Lipinski definition) is 2. The Bertz CT molecular complexity index is 1180. The predicted octanol–water partition coefficient (Wildman–Crippen LogP) is 4.12. The molecule has 0 aliphatic rings. The molecule has 2 amide bonds. The number of carbonyl (C=O) groups is 2. The number of nitrogens with zero attached hydrogens (tertiary/aromatic N) is 2. The molecule has 0 atom stereocenters. The summed E-state index contributed by atoms with van der Waals surface area (Å²) in [5.74, 6) is -0.668. The molecule has 2 N–H and O–H groups in total. The molecule has 0 saturated carbocycles. The third kappa shape index (κ3) is 5.72. The fraction of sp³-hybridized carbons (Fsp3) is 0.174. The third-order valence-electron chi connectivity index (χ3n) is 4.72. The Labute approximate surface area is 179 Å². The fourth-order valence-electron chi connectivity index (χ4n) is 3.14. The molecule has 0 spiro atoms. The van der Waals surface area contributed by atoms with Crippen LogP contribution in [0.5, 0.6) is 0 Å². The zero-order valence-corrected chi connectivity index (χ0v) is 17.2. The summed E-state index contributed by atoms with van der Waals surface area (Å²) in [4.78, 5) is 35.0. The molecule has 8 heteroatoms. The molecule has 0 radical (unpaired) electrons. The van der Waals surface area contributed by atoms with Crippen molar-refractivity contribution in [3.8, 4) is 0 Å². The first-order valence-corrected chi connectivity index (χ1v) is 9.67. The minimum atomic E-state index is -0.521. The number of nitrogens with one attached hydrogen (secondary N) is 2. The van der Waals surface area contributed by atoms with E-state index in [1.807, 2.05) is 42.5 Å². The van der Waals surface area contributed by atoms with E-state index in [0.29, 0.717) is 17.0 Å². The minimum Gasteiger partial charge on any atom is -0.325 e. The molecule has 0 fully saturated rings. The van der Waals surface area contributed by atoms with Crippen LogP contribution in [0.3, 0.4) is 0 Å².